The zero-order chi connectivity index (χ0) is 16.5. The minimum absolute atomic E-state index is 0.0291. The lowest BCUT2D eigenvalue weighted by Gasteiger charge is -2.25. The molecule has 122 valence electrons. The van der Waals surface area contributed by atoms with Crippen molar-refractivity contribution in [3.05, 3.63) is 29.8 Å². The van der Waals surface area contributed by atoms with Crippen molar-refractivity contribution in [1.82, 2.24) is 10.2 Å². The first-order valence-corrected chi connectivity index (χ1v) is 6.80. The van der Waals surface area contributed by atoms with Gasteiger partial charge in [-0.25, -0.2) is 4.79 Å². The lowest BCUT2D eigenvalue weighted by molar-refractivity contribution is -0.143. The molecule has 7 heteroatoms. The van der Waals surface area contributed by atoms with Crippen molar-refractivity contribution in [3.63, 3.8) is 0 Å². The number of carboxylic acids is 1. The number of methoxy groups -OCH3 is 1. The lowest BCUT2D eigenvalue weighted by Crippen LogP contribution is -2.36. The van der Waals surface area contributed by atoms with Gasteiger partial charge in [0.05, 0.1) is 13.2 Å². The Morgan fingerprint density at radius 2 is 2.05 bits per heavy atom. The monoisotopic (exact) mass is 310 g/mol. The van der Waals surface area contributed by atoms with E-state index in [-0.39, 0.29) is 18.6 Å². The molecule has 0 bridgehead atoms. The third kappa shape index (κ3) is 6.11. The highest BCUT2D eigenvalue weighted by Gasteiger charge is 2.16. The number of ether oxygens (including phenoxy) is 2. The molecule has 7 nitrogen and oxygen atoms in total. The number of hydrogen-bond donors (Lipinski definition) is 2. The maximum atomic E-state index is 11.6. The summed E-state index contributed by atoms with van der Waals surface area (Å²) in [7, 11) is 5.43. The summed E-state index contributed by atoms with van der Waals surface area (Å²) in [5, 5.41) is 11.2. The van der Waals surface area contributed by atoms with Crippen LogP contribution in [0.5, 0.6) is 5.75 Å². The number of nitrogens with one attached hydrogen (secondary N) is 1. The van der Waals surface area contributed by atoms with Crippen LogP contribution in [-0.4, -0.2) is 62.8 Å². The van der Waals surface area contributed by atoms with Gasteiger partial charge in [0.1, 0.15) is 19.0 Å². The Balaban J connectivity index is 2.57. The highest BCUT2D eigenvalue weighted by atomic mass is 16.5. The Morgan fingerprint density at radius 3 is 2.64 bits per heavy atom. The van der Waals surface area contributed by atoms with Crippen LogP contribution < -0.4 is 10.1 Å². The van der Waals surface area contributed by atoms with Crippen molar-refractivity contribution in [2.75, 3.05) is 41.0 Å². The number of hydrogen-bond acceptors (Lipinski definition) is 5. The molecule has 2 N–H and O–H groups in total. The minimum Gasteiger partial charge on any atom is -0.497 e. The Hall–Kier alpha value is -2.12. The number of amides is 1. The van der Waals surface area contributed by atoms with Crippen LogP contribution in [0.3, 0.4) is 0 Å². The van der Waals surface area contributed by atoms with Gasteiger partial charge in [-0.3, -0.25) is 4.79 Å². The highest BCUT2D eigenvalue weighted by molar-refractivity contribution is 5.77. The minimum atomic E-state index is -1.10. The van der Waals surface area contributed by atoms with Gasteiger partial charge in [-0.1, -0.05) is 12.1 Å². The molecule has 1 amide bonds. The normalized spacial score (nSPS) is 12.0. The predicted molar refractivity (Wildman–Crippen MR) is 80.9 cm³/mol. The van der Waals surface area contributed by atoms with Gasteiger partial charge in [0.15, 0.2) is 0 Å². The average Bonchev–Trinajstić information content (AvgIpc) is 2.47. The number of likely N-dealkylation sites (N-methyl/N-ethyl adjacent to an activating group) is 1. The molecule has 0 heterocycles. The summed E-state index contributed by atoms with van der Waals surface area (Å²) >= 11 is 0. The summed E-state index contributed by atoms with van der Waals surface area (Å²) in [5.74, 6) is -0.702. The molecule has 0 saturated carbocycles. The van der Waals surface area contributed by atoms with E-state index in [0.29, 0.717) is 6.54 Å². The van der Waals surface area contributed by atoms with Crippen LogP contribution in [-0.2, 0) is 14.3 Å². The second kappa shape index (κ2) is 9.01. The molecule has 0 saturated heterocycles. The second-order valence-corrected chi connectivity index (χ2v) is 4.95. The molecule has 1 atom stereocenters. The topological polar surface area (TPSA) is 88.1 Å². The SMILES string of the molecule is COc1cccc([C@H](CNC(=O)COCC(=O)O)N(C)C)c1. The van der Waals surface area contributed by atoms with Gasteiger partial charge >= 0.3 is 5.97 Å². The Bertz CT molecular complexity index is 504. The van der Waals surface area contributed by atoms with Crippen molar-refractivity contribution in [3.8, 4) is 5.75 Å². The van der Waals surface area contributed by atoms with Crippen molar-refractivity contribution >= 4 is 11.9 Å². The molecular weight excluding hydrogens is 288 g/mol. The van der Waals surface area contributed by atoms with Crippen LogP contribution in [0.1, 0.15) is 11.6 Å². The Labute approximate surface area is 129 Å². The Kier molecular flexibility index (Phi) is 7.34. The van der Waals surface area contributed by atoms with E-state index in [9.17, 15) is 9.59 Å². The molecule has 0 aromatic heterocycles. The fourth-order valence-electron chi connectivity index (χ4n) is 1.94. The summed E-state index contributed by atoms with van der Waals surface area (Å²) in [4.78, 5) is 23.9. The zero-order valence-corrected chi connectivity index (χ0v) is 13.0. The third-order valence-corrected chi connectivity index (χ3v) is 3.05. The quantitative estimate of drug-likeness (QED) is 0.691. The van der Waals surface area contributed by atoms with E-state index in [1.54, 1.807) is 7.11 Å². The van der Waals surface area contributed by atoms with E-state index in [1.165, 1.54) is 0 Å². The summed E-state index contributed by atoms with van der Waals surface area (Å²) in [6.07, 6.45) is 0. The number of benzene rings is 1. The first-order chi connectivity index (χ1) is 10.4. The van der Waals surface area contributed by atoms with Crippen LogP contribution in [0.2, 0.25) is 0 Å². The molecule has 22 heavy (non-hydrogen) atoms. The lowest BCUT2D eigenvalue weighted by atomic mass is 10.1. The molecule has 0 aliphatic carbocycles. The van der Waals surface area contributed by atoms with E-state index < -0.39 is 12.6 Å². The number of carboxylic acid groups (broad SMARTS) is 1. The van der Waals surface area contributed by atoms with Gasteiger partial charge in [0.2, 0.25) is 5.91 Å². The van der Waals surface area contributed by atoms with Crippen LogP contribution in [0.25, 0.3) is 0 Å². The molecule has 1 aromatic carbocycles. The maximum Gasteiger partial charge on any atom is 0.329 e. The summed E-state index contributed by atoms with van der Waals surface area (Å²) in [5.41, 5.74) is 1.01. The number of nitrogens with zero attached hydrogens (tertiary/aromatic N) is 1. The van der Waals surface area contributed by atoms with Gasteiger partial charge in [-0.05, 0) is 31.8 Å². The van der Waals surface area contributed by atoms with Crippen LogP contribution >= 0.6 is 0 Å². The van der Waals surface area contributed by atoms with E-state index in [0.717, 1.165) is 11.3 Å². The number of carbonyl (C=O) groups is 2. The molecule has 0 fully saturated rings. The molecule has 1 rings (SSSR count). The first kappa shape index (κ1) is 17.9. The van der Waals surface area contributed by atoms with E-state index in [2.05, 4.69) is 5.32 Å². The molecule has 1 aromatic rings. The molecule has 0 radical (unpaired) electrons. The van der Waals surface area contributed by atoms with Gasteiger partial charge < -0.3 is 24.8 Å². The van der Waals surface area contributed by atoms with Crippen molar-refractivity contribution in [2.45, 2.75) is 6.04 Å². The highest BCUT2D eigenvalue weighted by Crippen LogP contribution is 2.21. The van der Waals surface area contributed by atoms with Crippen LogP contribution in [0.15, 0.2) is 24.3 Å². The van der Waals surface area contributed by atoms with Crippen molar-refractivity contribution in [2.24, 2.45) is 0 Å². The molecule has 0 aliphatic rings. The van der Waals surface area contributed by atoms with E-state index in [4.69, 9.17) is 14.6 Å². The average molecular weight is 310 g/mol. The molecular formula is C15H22N2O5. The fraction of sp³-hybridized carbons (Fsp3) is 0.467. The Morgan fingerprint density at radius 1 is 1.32 bits per heavy atom. The maximum absolute atomic E-state index is 11.6. The van der Waals surface area contributed by atoms with E-state index in [1.807, 2.05) is 43.3 Å². The number of carbonyl (C=O) groups excluding carboxylic acids is 1. The van der Waals surface area contributed by atoms with Gasteiger partial charge in [-0.2, -0.15) is 0 Å². The molecule has 0 aliphatic heterocycles. The first-order valence-electron chi connectivity index (χ1n) is 6.80. The number of rotatable bonds is 9. The molecule has 0 unspecified atom stereocenters. The van der Waals surface area contributed by atoms with Gasteiger partial charge in [0.25, 0.3) is 0 Å². The van der Waals surface area contributed by atoms with Gasteiger partial charge in [0, 0.05) is 6.54 Å². The summed E-state index contributed by atoms with van der Waals surface area (Å²) < 4.78 is 9.95. The van der Waals surface area contributed by atoms with E-state index >= 15 is 0 Å². The predicted octanol–water partition coefficient (Wildman–Crippen LogP) is 0.515. The standard InChI is InChI=1S/C15H22N2O5/c1-17(2)13(11-5-4-6-12(7-11)21-3)8-16-14(18)9-22-10-15(19)20/h4-7,13H,8-10H2,1-3H3,(H,16,18)(H,19,20)/t13-/m0/s1. The van der Waals surface area contributed by atoms with Crippen molar-refractivity contribution < 1.29 is 24.2 Å². The molecule has 0 spiro atoms. The zero-order valence-electron chi connectivity index (χ0n) is 13.0. The second-order valence-electron chi connectivity index (χ2n) is 4.95. The van der Waals surface area contributed by atoms with Gasteiger partial charge in [-0.15, -0.1) is 0 Å². The summed E-state index contributed by atoms with van der Waals surface area (Å²) in [6, 6.07) is 7.59. The smallest absolute Gasteiger partial charge is 0.329 e. The van der Waals surface area contributed by atoms with Crippen molar-refractivity contribution in [1.29, 1.82) is 0 Å². The van der Waals surface area contributed by atoms with Crippen LogP contribution in [0.4, 0.5) is 0 Å². The third-order valence-electron chi connectivity index (χ3n) is 3.05. The summed E-state index contributed by atoms with van der Waals surface area (Å²) in [6.45, 7) is -0.375. The largest absolute Gasteiger partial charge is 0.497 e. The van der Waals surface area contributed by atoms with Crippen LogP contribution in [0, 0.1) is 0 Å². The number of aliphatic carboxylic acids is 1. The fourth-order valence-corrected chi connectivity index (χ4v) is 1.94.